The molecule has 0 heterocycles. The number of carbonyl (C=O) groups is 1. The van der Waals surface area contributed by atoms with Crippen molar-refractivity contribution in [2.45, 2.75) is 0 Å². The number of urea groups is 1. The van der Waals surface area contributed by atoms with Gasteiger partial charge in [0.1, 0.15) is 0 Å². The van der Waals surface area contributed by atoms with Gasteiger partial charge in [-0.15, -0.1) is 0 Å². The van der Waals surface area contributed by atoms with Gasteiger partial charge in [-0.3, -0.25) is 0 Å². The zero-order valence-electron chi connectivity index (χ0n) is 10.1. The van der Waals surface area contributed by atoms with E-state index in [0.29, 0.717) is 0 Å². The molecule has 2 amide bonds. The van der Waals surface area contributed by atoms with E-state index in [1.54, 1.807) is 0 Å². The summed E-state index contributed by atoms with van der Waals surface area (Å²) < 4.78 is 0. The fourth-order valence-electron chi connectivity index (χ4n) is 1.74. The maximum atomic E-state index is 10.8. The number of primary amides is 1. The van der Waals surface area contributed by atoms with Crippen molar-refractivity contribution >= 4 is 30.2 Å². The Morgan fingerprint density at radius 3 is 2.39 bits per heavy atom. The van der Waals surface area contributed by atoms with Crippen LogP contribution in [0.4, 0.5) is 10.5 Å². The summed E-state index contributed by atoms with van der Waals surface area (Å²) in [4.78, 5) is 10.8. The van der Waals surface area contributed by atoms with Crippen LogP contribution in [0, 0.1) is 0 Å². The van der Waals surface area contributed by atoms with E-state index in [1.807, 2.05) is 36.4 Å². The van der Waals surface area contributed by atoms with Crippen molar-refractivity contribution in [1.82, 2.24) is 0 Å². The fraction of sp³-hybridized carbons (Fsp3) is 0.0714. The van der Waals surface area contributed by atoms with Crippen LogP contribution in [0.15, 0.2) is 54.6 Å². The second kappa shape index (κ2) is 5.65. The van der Waals surface area contributed by atoms with Crippen molar-refractivity contribution in [3.63, 3.8) is 0 Å². The summed E-state index contributed by atoms with van der Waals surface area (Å²) in [5, 5.41) is 5.12. The van der Waals surface area contributed by atoms with Gasteiger partial charge in [-0.25, -0.2) is 4.79 Å². The highest BCUT2D eigenvalue weighted by molar-refractivity contribution is 7.72. The summed E-state index contributed by atoms with van der Waals surface area (Å²) in [6.45, 7) is 2.20. The van der Waals surface area contributed by atoms with Crippen molar-refractivity contribution in [3.05, 3.63) is 54.6 Å². The minimum Gasteiger partial charge on any atom is -0.351 e. The highest BCUT2D eigenvalue weighted by Crippen LogP contribution is 2.29. The van der Waals surface area contributed by atoms with Gasteiger partial charge in [0.15, 0.2) is 0 Å². The number of nitrogens with one attached hydrogen (secondary N) is 1. The first-order valence-corrected chi connectivity index (χ1v) is 7.41. The summed E-state index contributed by atoms with van der Waals surface area (Å²) in [6.07, 6.45) is 0. The number of amides is 2. The number of nitrogens with two attached hydrogens (primary N) is 1. The molecular weight excluding hydrogens is 243 g/mol. The van der Waals surface area contributed by atoms with Crippen molar-refractivity contribution in [3.8, 4) is 0 Å². The van der Waals surface area contributed by atoms with E-state index in [-0.39, 0.29) is 0 Å². The first-order valence-electron chi connectivity index (χ1n) is 5.62. The molecule has 0 fully saturated rings. The maximum absolute atomic E-state index is 10.8. The predicted octanol–water partition coefficient (Wildman–Crippen LogP) is 2.24. The largest absolute Gasteiger partial charge is 0.351 e. The van der Waals surface area contributed by atoms with E-state index in [2.05, 4.69) is 30.2 Å². The summed E-state index contributed by atoms with van der Waals surface area (Å²) >= 11 is 0. The SMILES string of the molecule is CP(c1ccccc1)c1cccc(NC(N)=O)c1. The first-order chi connectivity index (χ1) is 8.66. The molecule has 3 nitrogen and oxygen atoms in total. The van der Waals surface area contributed by atoms with Crippen LogP contribution >= 0.6 is 7.92 Å². The minimum absolute atomic E-state index is 0.404. The lowest BCUT2D eigenvalue weighted by atomic mass is 10.3. The summed E-state index contributed by atoms with van der Waals surface area (Å²) in [7, 11) is -0.404. The van der Waals surface area contributed by atoms with E-state index < -0.39 is 14.0 Å². The molecule has 0 radical (unpaired) electrons. The van der Waals surface area contributed by atoms with Crippen LogP contribution in [0.3, 0.4) is 0 Å². The summed E-state index contributed by atoms with van der Waals surface area (Å²) in [5.41, 5.74) is 5.86. The summed E-state index contributed by atoms with van der Waals surface area (Å²) in [6, 6.07) is 17.6. The Labute approximate surface area is 108 Å². The number of carbonyl (C=O) groups excluding carboxylic acids is 1. The molecule has 2 rings (SSSR count). The lowest BCUT2D eigenvalue weighted by Gasteiger charge is -2.14. The Hall–Kier alpha value is -1.86. The Balaban J connectivity index is 2.25. The Morgan fingerprint density at radius 2 is 1.72 bits per heavy atom. The number of hydrogen-bond acceptors (Lipinski definition) is 1. The van der Waals surface area contributed by atoms with Crippen LogP contribution in [0.2, 0.25) is 0 Å². The summed E-state index contributed by atoms with van der Waals surface area (Å²) in [5.74, 6) is 0. The van der Waals surface area contributed by atoms with Gasteiger partial charge in [0.05, 0.1) is 0 Å². The molecule has 0 spiro atoms. The fourth-order valence-corrected chi connectivity index (χ4v) is 3.30. The average molecular weight is 258 g/mol. The molecule has 0 aliphatic carbocycles. The van der Waals surface area contributed by atoms with E-state index in [0.717, 1.165) is 5.69 Å². The van der Waals surface area contributed by atoms with Crippen molar-refractivity contribution in [2.24, 2.45) is 5.73 Å². The van der Waals surface area contributed by atoms with Gasteiger partial charge in [0.25, 0.3) is 0 Å². The van der Waals surface area contributed by atoms with Crippen LogP contribution < -0.4 is 21.7 Å². The monoisotopic (exact) mass is 258 g/mol. The molecule has 0 aromatic heterocycles. The van der Waals surface area contributed by atoms with Crippen molar-refractivity contribution < 1.29 is 4.79 Å². The molecule has 0 aliphatic heterocycles. The number of anilines is 1. The maximum Gasteiger partial charge on any atom is 0.316 e. The van der Waals surface area contributed by atoms with Gasteiger partial charge in [0, 0.05) is 5.69 Å². The Morgan fingerprint density at radius 1 is 1.06 bits per heavy atom. The van der Waals surface area contributed by atoms with E-state index in [1.165, 1.54) is 10.6 Å². The van der Waals surface area contributed by atoms with E-state index in [4.69, 9.17) is 5.73 Å². The van der Waals surface area contributed by atoms with Gasteiger partial charge in [-0.2, -0.15) is 0 Å². The quantitative estimate of drug-likeness (QED) is 0.815. The van der Waals surface area contributed by atoms with Gasteiger partial charge >= 0.3 is 6.03 Å². The normalized spacial score (nSPS) is 11.8. The predicted molar refractivity (Wildman–Crippen MR) is 78.2 cm³/mol. The van der Waals surface area contributed by atoms with Crippen LogP contribution in [0.5, 0.6) is 0 Å². The molecule has 18 heavy (non-hydrogen) atoms. The van der Waals surface area contributed by atoms with Crippen LogP contribution in [0.25, 0.3) is 0 Å². The lowest BCUT2D eigenvalue weighted by Crippen LogP contribution is -2.20. The molecule has 1 atom stereocenters. The molecule has 4 heteroatoms. The number of benzene rings is 2. The van der Waals surface area contributed by atoms with Gasteiger partial charge in [-0.05, 0) is 37.3 Å². The Kier molecular flexibility index (Phi) is 3.96. The molecule has 2 aromatic carbocycles. The first kappa shape index (κ1) is 12.6. The smallest absolute Gasteiger partial charge is 0.316 e. The standard InChI is InChI=1S/C14H15N2OP/c1-18(12-7-3-2-4-8-12)13-9-5-6-11(10-13)16-14(15)17/h2-10H,1H3,(H3,15,16,17). The third-order valence-electron chi connectivity index (χ3n) is 2.64. The van der Waals surface area contributed by atoms with Crippen LogP contribution in [-0.2, 0) is 0 Å². The third-order valence-corrected chi connectivity index (χ3v) is 4.77. The average Bonchev–Trinajstić information content (AvgIpc) is 2.38. The van der Waals surface area contributed by atoms with Gasteiger partial charge < -0.3 is 11.1 Å². The van der Waals surface area contributed by atoms with Crippen molar-refractivity contribution in [1.29, 1.82) is 0 Å². The lowest BCUT2D eigenvalue weighted by molar-refractivity contribution is 0.259. The molecule has 0 bridgehead atoms. The van der Waals surface area contributed by atoms with Crippen LogP contribution in [-0.4, -0.2) is 12.7 Å². The molecule has 2 aromatic rings. The van der Waals surface area contributed by atoms with Crippen molar-refractivity contribution in [2.75, 3.05) is 12.0 Å². The zero-order chi connectivity index (χ0) is 13.0. The molecular formula is C14H15N2OP. The van der Waals surface area contributed by atoms with Gasteiger partial charge in [-0.1, -0.05) is 42.5 Å². The van der Waals surface area contributed by atoms with E-state index >= 15 is 0 Å². The molecule has 1 unspecified atom stereocenters. The third kappa shape index (κ3) is 3.08. The molecule has 0 saturated carbocycles. The Bertz CT molecular complexity index is 543. The zero-order valence-corrected chi connectivity index (χ0v) is 11.0. The van der Waals surface area contributed by atoms with Gasteiger partial charge in [0.2, 0.25) is 0 Å². The minimum atomic E-state index is -0.535. The molecule has 92 valence electrons. The number of hydrogen-bond donors (Lipinski definition) is 2. The van der Waals surface area contributed by atoms with E-state index in [9.17, 15) is 4.79 Å². The molecule has 3 N–H and O–H groups in total. The topological polar surface area (TPSA) is 55.1 Å². The van der Waals surface area contributed by atoms with Crippen LogP contribution in [0.1, 0.15) is 0 Å². The molecule has 0 saturated heterocycles. The molecule has 0 aliphatic rings. The highest BCUT2D eigenvalue weighted by Gasteiger charge is 2.08. The second-order valence-corrected chi connectivity index (χ2v) is 6.08. The second-order valence-electron chi connectivity index (χ2n) is 3.93. The number of rotatable bonds is 3. The highest BCUT2D eigenvalue weighted by atomic mass is 31.1.